The molecular formula is C15H19BO2. The van der Waals surface area contributed by atoms with Gasteiger partial charge in [-0.2, -0.15) is 0 Å². The van der Waals surface area contributed by atoms with Crippen LogP contribution in [0.15, 0.2) is 30.3 Å². The molecule has 0 unspecified atom stereocenters. The molecule has 0 amide bonds. The van der Waals surface area contributed by atoms with Gasteiger partial charge in [0, 0.05) is 0 Å². The van der Waals surface area contributed by atoms with Gasteiger partial charge in [-0.25, -0.2) is 0 Å². The SMILES string of the molecule is CC1(C)OB(C2=CCc3ccccc32)OC1(C)C. The Kier molecular flexibility index (Phi) is 2.48. The maximum atomic E-state index is 6.11. The van der Waals surface area contributed by atoms with Gasteiger partial charge < -0.3 is 9.31 Å². The van der Waals surface area contributed by atoms with E-state index in [2.05, 4.69) is 58.0 Å². The standard InChI is InChI=1S/C15H19BO2/c1-14(2)15(3,4)18-16(17-14)13-10-9-11-7-5-6-8-12(11)13/h5-8,10H,9H2,1-4H3. The molecule has 1 heterocycles. The summed E-state index contributed by atoms with van der Waals surface area (Å²) in [6, 6.07) is 8.48. The summed E-state index contributed by atoms with van der Waals surface area (Å²) >= 11 is 0. The van der Waals surface area contributed by atoms with E-state index in [1.165, 1.54) is 16.6 Å². The molecule has 3 heteroatoms. The highest BCUT2D eigenvalue weighted by Gasteiger charge is 2.53. The second-order valence-corrected chi connectivity index (χ2v) is 6.11. The molecule has 0 saturated carbocycles. The molecule has 0 spiro atoms. The fraction of sp³-hybridized carbons (Fsp3) is 0.467. The summed E-state index contributed by atoms with van der Waals surface area (Å²) in [6.07, 6.45) is 3.21. The lowest BCUT2D eigenvalue weighted by molar-refractivity contribution is 0.00578. The van der Waals surface area contributed by atoms with Crippen molar-refractivity contribution in [3.8, 4) is 0 Å². The number of rotatable bonds is 1. The Morgan fingerprint density at radius 2 is 1.61 bits per heavy atom. The summed E-state index contributed by atoms with van der Waals surface area (Å²) in [5.74, 6) is 0. The highest BCUT2D eigenvalue weighted by atomic mass is 16.7. The lowest BCUT2D eigenvalue weighted by Gasteiger charge is -2.32. The molecule has 1 aliphatic carbocycles. The van der Waals surface area contributed by atoms with Crippen LogP contribution in [0.2, 0.25) is 0 Å². The van der Waals surface area contributed by atoms with E-state index in [9.17, 15) is 0 Å². The van der Waals surface area contributed by atoms with Gasteiger partial charge in [0.2, 0.25) is 0 Å². The molecule has 0 aromatic heterocycles. The lowest BCUT2D eigenvalue weighted by Crippen LogP contribution is -2.41. The van der Waals surface area contributed by atoms with Crippen LogP contribution in [0.25, 0.3) is 5.47 Å². The number of hydrogen-bond acceptors (Lipinski definition) is 2. The number of allylic oxidation sites excluding steroid dienone is 1. The molecule has 0 atom stereocenters. The number of hydrogen-bond donors (Lipinski definition) is 0. The highest BCUT2D eigenvalue weighted by molar-refractivity contribution is 6.69. The van der Waals surface area contributed by atoms with E-state index in [0.29, 0.717) is 0 Å². The van der Waals surface area contributed by atoms with Crippen molar-refractivity contribution in [3.63, 3.8) is 0 Å². The Morgan fingerprint density at radius 1 is 1.00 bits per heavy atom. The molecular weight excluding hydrogens is 223 g/mol. The average molecular weight is 242 g/mol. The largest absolute Gasteiger partial charge is 0.495 e. The predicted molar refractivity (Wildman–Crippen MR) is 74.2 cm³/mol. The van der Waals surface area contributed by atoms with Gasteiger partial charge in [0.25, 0.3) is 0 Å². The Labute approximate surface area is 109 Å². The van der Waals surface area contributed by atoms with Gasteiger partial charge in [0.1, 0.15) is 0 Å². The van der Waals surface area contributed by atoms with Crippen LogP contribution in [0.4, 0.5) is 0 Å². The molecule has 0 bridgehead atoms. The molecule has 3 rings (SSSR count). The highest BCUT2D eigenvalue weighted by Crippen LogP contribution is 2.42. The quantitative estimate of drug-likeness (QED) is 0.703. The van der Waals surface area contributed by atoms with Crippen molar-refractivity contribution in [2.24, 2.45) is 0 Å². The first kappa shape index (κ1) is 12.0. The van der Waals surface area contributed by atoms with E-state index in [1.807, 2.05) is 0 Å². The number of benzene rings is 1. The Hall–Kier alpha value is -1.06. The van der Waals surface area contributed by atoms with Crippen molar-refractivity contribution in [3.05, 3.63) is 41.5 Å². The molecule has 1 aromatic carbocycles. The van der Waals surface area contributed by atoms with E-state index < -0.39 is 0 Å². The first-order chi connectivity index (χ1) is 8.41. The second-order valence-electron chi connectivity index (χ2n) is 6.11. The minimum absolute atomic E-state index is 0.237. The fourth-order valence-corrected chi connectivity index (χ4v) is 2.50. The molecule has 1 fully saturated rings. The summed E-state index contributed by atoms with van der Waals surface area (Å²) in [5.41, 5.74) is 3.29. The monoisotopic (exact) mass is 242 g/mol. The topological polar surface area (TPSA) is 18.5 Å². The summed E-state index contributed by atoms with van der Waals surface area (Å²) in [5, 5.41) is 0. The molecule has 0 N–H and O–H groups in total. The summed E-state index contributed by atoms with van der Waals surface area (Å²) < 4.78 is 12.2. The van der Waals surface area contributed by atoms with Gasteiger partial charge in [-0.3, -0.25) is 0 Å². The van der Waals surface area contributed by atoms with Gasteiger partial charge in [0.05, 0.1) is 11.2 Å². The van der Waals surface area contributed by atoms with Gasteiger partial charge in [-0.05, 0) is 50.7 Å². The smallest absolute Gasteiger partial charge is 0.399 e. The third-order valence-electron chi connectivity index (χ3n) is 4.38. The third kappa shape index (κ3) is 1.65. The van der Waals surface area contributed by atoms with Crippen molar-refractivity contribution in [1.29, 1.82) is 0 Å². The maximum absolute atomic E-state index is 6.11. The average Bonchev–Trinajstić information content (AvgIpc) is 2.78. The first-order valence-corrected chi connectivity index (χ1v) is 6.55. The van der Waals surface area contributed by atoms with Crippen molar-refractivity contribution in [2.45, 2.75) is 45.3 Å². The third-order valence-corrected chi connectivity index (χ3v) is 4.38. The van der Waals surface area contributed by atoms with Crippen LogP contribution in [0.1, 0.15) is 38.8 Å². The summed E-state index contributed by atoms with van der Waals surface area (Å²) in [4.78, 5) is 0. The van der Waals surface area contributed by atoms with E-state index in [4.69, 9.17) is 9.31 Å². The molecule has 18 heavy (non-hydrogen) atoms. The van der Waals surface area contributed by atoms with E-state index in [1.54, 1.807) is 0 Å². The zero-order valence-corrected chi connectivity index (χ0v) is 11.5. The van der Waals surface area contributed by atoms with Gasteiger partial charge in [0.15, 0.2) is 0 Å². The van der Waals surface area contributed by atoms with Gasteiger partial charge in [-0.15, -0.1) is 0 Å². The van der Waals surface area contributed by atoms with E-state index >= 15 is 0 Å². The van der Waals surface area contributed by atoms with Gasteiger partial charge in [-0.1, -0.05) is 30.3 Å². The zero-order valence-electron chi connectivity index (χ0n) is 11.5. The van der Waals surface area contributed by atoms with Crippen molar-refractivity contribution in [1.82, 2.24) is 0 Å². The molecule has 1 aliphatic heterocycles. The van der Waals surface area contributed by atoms with Crippen LogP contribution in [-0.2, 0) is 15.7 Å². The van der Waals surface area contributed by atoms with Crippen LogP contribution in [0.3, 0.4) is 0 Å². The van der Waals surface area contributed by atoms with Crippen molar-refractivity contribution in [2.75, 3.05) is 0 Å². The predicted octanol–water partition coefficient (Wildman–Crippen LogP) is 3.26. The summed E-state index contributed by atoms with van der Waals surface area (Å²) in [7, 11) is -0.237. The normalized spacial score (nSPS) is 24.0. The van der Waals surface area contributed by atoms with Crippen LogP contribution < -0.4 is 0 Å². The molecule has 2 nitrogen and oxygen atoms in total. The van der Waals surface area contributed by atoms with Crippen LogP contribution in [0, 0.1) is 0 Å². The molecule has 1 saturated heterocycles. The van der Waals surface area contributed by atoms with Crippen molar-refractivity contribution >= 4 is 12.6 Å². The lowest BCUT2D eigenvalue weighted by atomic mass is 9.75. The van der Waals surface area contributed by atoms with Crippen LogP contribution in [-0.4, -0.2) is 18.3 Å². The maximum Gasteiger partial charge on any atom is 0.495 e. The van der Waals surface area contributed by atoms with Crippen LogP contribution in [0.5, 0.6) is 0 Å². The molecule has 94 valence electrons. The Morgan fingerprint density at radius 3 is 2.28 bits per heavy atom. The molecule has 1 aromatic rings. The molecule has 2 aliphatic rings. The molecule has 0 radical (unpaired) electrons. The first-order valence-electron chi connectivity index (χ1n) is 6.55. The zero-order chi connectivity index (χ0) is 13.0. The fourth-order valence-electron chi connectivity index (χ4n) is 2.50. The number of fused-ring (bicyclic) bond motifs is 1. The minimum atomic E-state index is -0.268. The Bertz CT molecular complexity index is 501. The Balaban J connectivity index is 1.92. The van der Waals surface area contributed by atoms with Crippen LogP contribution >= 0.6 is 0 Å². The second kappa shape index (κ2) is 3.72. The van der Waals surface area contributed by atoms with E-state index in [0.717, 1.165) is 6.42 Å². The summed E-state index contributed by atoms with van der Waals surface area (Å²) in [6.45, 7) is 8.37. The van der Waals surface area contributed by atoms with Gasteiger partial charge >= 0.3 is 7.12 Å². The van der Waals surface area contributed by atoms with Crippen molar-refractivity contribution < 1.29 is 9.31 Å². The minimum Gasteiger partial charge on any atom is -0.399 e. The van der Waals surface area contributed by atoms with E-state index in [-0.39, 0.29) is 18.3 Å².